The van der Waals surface area contributed by atoms with Crippen molar-refractivity contribution in [2.75, 3.05) is 13.1 Å². The predicted molar refractivity (Wildman–Crippen MR) is 150 cm³/mol. The van der Waals surface area contributed by atoms with Gasteiger partial charge in [0.05, 0.1) is 5.52 Å². The summed E-state index contributed by atoms with van der Waals surface area (Å²) >= 11 is 0. The zero-order chi connectivity index (χ0) is 27.2. The molecule has 0 radical (unpaired) electrons. The third-order valence-corrected chi connectivity index (χ3v) is 7.15. The molecule has 0 spiro atoms. The zero-order valence-corrected chi connectivity index (χ0v) is 23.4. The number of alkyl carbamates (subject to hydrolysis) is 1. The number of nitrogens with one attached hydrogen (secondary N) is 1. The van der Waals surface area contributed by atoms with Crippen molar-refractivity contribution in [3.8, 4) is 11.5 Å². The summed E-state index contributed by atoms with van der Waals surface area (Å²) in [5.41, 5.74) is 4.43. The second-order valence-electron chi connectivity index (χ2n) is 12.3. The van der Waals surface area contributed by atoms with Gasteiger partial charge in [0.15, 0.2) is 11.5 Å². The average Bonchev–Trinajstić information content (AvgIpc) is 3.47. The molecular weight excluding hydrogens is 476 g/mol. The van der Waals surface area contributed by atoms with E-state index < -0.39 is 5.60 Å². The summed E-state index contributed by atoms with van der Waals surface area (Å²) in [7, 11) is 0. The van der Waals surface area contributed by atoms with Crippen LogP contribution in [0.15, 0.2) is 48.7 Å². The summed E-state index contributed by atoms with van der Waals surface area (Å²) in [4.78, 5) is 19.7. The van der Waals surface area contributed by atoms with Crippen LogP contribution in [0, 0.1) is 0 Å². The Kier molecular flexibility index (Phi) is 6.63. The summed E-state index contributed by atoms with van der Waals surface area (Å²) in [5, 5.41) is 13.1. The predicted octanol–water partition coefficient (Wildman–Crippen LogP) is 5.90. The zero-order valence-electron chi connectivity index (χ0n) is 23.4. The van der Waals surface area contributed by atoms with Crippen molar-refractivity contribution >= 4 is 22.6 Å². The van der Waals surface area contributed by atoms with Crippen molar-refractivity contribution in [2.24, 2.45) is 0 Å². The largest absolute Gasteiger partial charge is 0.444 e. The van der Waals surface area contributed by atoms with Crippen LogP contribution in [0.3, 0.4) is 0 Å². The number of nitrogens with zero attached hydrogens (tertiary/aromatic N) is 5. The molecule has 1 saturated heterocycles. The van der Waals surface area contributed by atoms with Gasteiger partial charge < -0.3 is 10.1 Å². The highest BCUT2D eigenvalue weighted by atomic mass is 16.6. The van der Waals surface area contributed by atoms with Gasteiger partial charge in [-0.25, -0.2) is 9.78 Å². The molecule has 1 N–H and O–H groups in total. The Labute approximate surface area is 224 Å². The summed E-state index contributed by atoms with van der Waals surface area (Å²) in [6.07, 6.45) is 2.65. The number of pyridine rings is 2. The average molecular weight is 515 g/mol. The molecular formula is C30H38N6O2. The lowest BCUT2D eigenvalue weighted by atomic mass is 9.85. The fraction of sp³-hybridized carbons (Fsp3) is 0.467. The topological polar surface area (TPSA) is 84.7 Å². The Balaban J connectivity index is 1.40. The SMILES string of the molecule is C[C@H](c1ccc2nnc(-c3ccc4cccc(C(C)(C)C)c4n3)n2c1)N1CC[C@H](NC(=O)OC(C)(C)C)C1. The molecule has 4 heterocycles. The van der Waals surface area contributed by atoms with Gasteiger partial charge in [-0.1, -0.05) is 51.1 Å². The summed E-state index contributed by atoms with van der Waals surface area (Å²) in [6.45, 7) is 16.1. The van der Waals surface area contributed by atoms with Gasteiger partial charge in [0.25, 0.3) is 0 Å². The van der Waals surface area contributed by atoms with Crippen molar-refractivity contribution in [3.63, 3.8) is 0 Å². The quantitative estimate of drug-likeness (QED) is 0.365. The van der Waals surface area contributed by atoms with Crippen LogP contribution in [-0.4, -0.2) is 55.3 Å². The minimum atomic E-state index is -0.504. The van der Waals surface area contributed by atoms with E-state index in [9.17, 15) is 4.79 Å². The maximum atomic E-state index is 12.2. The molecule has 38 heavy (non-hydrogen) atoms. The monoisotopic (exact) mass is 514 g/mol. The van der Waals surface area contributed by atoms with Gasteiger partial charge in [0.2, 0.25) is 0 Å². The first kappa shape index (κ1) is 26.1. The molecule has 8 heteroatoms. The van der Waals surface area contributed by atoms with Gasteiger partial charge in [-0.2, -0.15) is 0 Å². The van der Waals surface area contributed by atoms with E-state index in [1.807, 2.05) is 37.3 Å². The molecule has 1 aromatic carbocycles. The standard InChI is InChI=1S/C30H38N6O2/c1-19(35-16-15-22(18-35)31-28(37)38-30(5,6)7)21-12-14-25-33-34-27(36(25)17-21)24-13-11-20-9-8-10-23(26(20)32-24)29(2,3)4/h8-14,17,19,22H,15-16,18H2,1-7H3,(H,31,37)/t19-,22+/m1/s1. The molecule has 2 atom stereocenters. The van der Waals surface area contributed by atoms with Gasteiger partial charge in [0.1, 0.15) is 11.3 Å². The number of hydrogen-bond acceptors (Lipinski definition) is 6. The van der Waals surface area contributed by atoms with Crippen LogP contribution in [0.1, 0.15) is 72.1 Å². The van der Waals surface area contributed by atoms with Crippen LogP contribution >= 0.6 is 0 Å². The Morgan fingerprint density at radius 2 is 1.84 bits per heavy atom. The molecule has 1 aliphatic rings. The van der Waals surface area contributed by atoms with Crippen molar-refractivity contribution in [1.29, 1.82) is 0 Å². The maximum absolute atomic E-state index is 12.2. The van der Waals surface area contributed by atoms with Gasteiger partial charge in [0, 0.05) is 36.8 Å². The number of carbonyl (C=O) groups is 1. The van der Waals surface area contributed by atoms with Crippen LogP contribution in [0.2, 0.25) is 0 Å². The molecule has 1 aliphatic heterocycles. The molecule has 1 amide bonds. The Morgan fingerprint density at radius 1 is 1.05 bits per heavy atom. The van der Waals surface area contributed by atoms with E-state index >= 15 is 0 Å². The molecule has 5 rings (SSSR count). The van der Waals surface area contributed by atoms with Gasteiger partial charge in [-0.15, -0.1) is 10.2 Å². The number of aromatic nitrogens is 4. The number of para-hydroxylation sites is 1. The lowest BCUT2D eigenvalue weighted by molar-refractivity contribution is 0.0504. The minimum Gasteiger partial charge on any atom is -0.444 e. The van der Waals surface area contributed by atoms with Crippen molar-refractivity contribution < 1.29 is 9.53 Å². The molecule has 3 aromatic heterocycles. The number of hydrogen-bond donors (Lipinski definition) is 1. The normalized spacial score (nSPS) is 17.7. The molecule has 200 valence electrons. The number of fused-ring (bicyclic) bond motifs is 2. The highest BCUT2D eigenvalue weighted by Gasteiger charge is 2.29. The molecule has 0 bridgehead atoms. The maximum Gasteiger partial charge on any atom is 0.407 e. The Hall–Kier alpha value is -3.52. The molecule has 8 nitrogen and oxygen atoms in total. The van der Waals surface area contributed by atoms with E-state index in [-0.39, 0.29) is 23.6 Å². The first-order chi connectivity index (χ1) is 17.9. The molecule has 0 unspecified atom stereocenters. The number of carbonyl (C=O) groups excluding carboxylic acids is 1. The number of likely N-dealkylation sites (tertiary alicyclic amines) is 1. The highest BCUT2D eigenvalue weighted by Crippen LogP contribution is 2.31. The van der Waals surface area contributed by atoms with E-state index in [4.69, 9.17) is 9.72 Å². The van der Waals surface area contributed by atoms with Crippen molar-refractivity contribution in [3.05, 3.63) is 59.8 Å². The number of rotatable bonds is 4. The number of benzene rings is 1. The number of ether oxygens (including phenoxy) is 1. The second kappa shape index (κ2) is 9.66. The van der Waals surface area contributed by atoms with E-state index in [0.29, 0.717) is 0 Å². The third-order valence-electron chi connectivity index (χ3n) is 7.15. The Morgan fingerprint density at radius 3 is 2.58 bits per heavy atom. The van der Waals surface area contributed by atoms with Crippen molar-refractivity contribution in [2.45, 2.75) is 78.0 Å². The first-order valence-electron chi connectivity index (χ1n) is 13.4. The van der Waals surface area contributed by atoms with Crippen LogP contribution in [-0.2, 0) is 10.2 Å². The highest BCUT2D eigenvalue weighted by molar-refractivity contribution is 5.84. The molecule has 4 aromatic rings. The number of amides is 1. The van der Waals surface area contributed by atoms with E-state index in [1.165, 1.54) is 5.56 Å². The third kappa shape index (κ3) is 5.36. The molecule has 0 saturated carbocycles. The fourth-order valence-electron chi connectivity index (χ4n) is 5.15. The summed E-state index contributed by atoms with van der Waals surface area (Å²) < 4.78 is 7.47. The van der Waals surface area contributed by atoms with E-state index in [2.05, 4.69) is 84.6 Å². The first-order valence-corrected chi connectivity index (χ1v) is 13.4. The van der Waals surface area contributed by atoms with Crippen LogP contribution < -0.4 is 5.32 Å². The summed E-state index contributed by atoms with van der Waals surface area (Å²) in [6, 6.07) is 14.8. The van der Waals surface area contributed by atoms with Crippen LogP contribution in [0.5, 0.6) is 0 Å². The van der Waals surface area contributed by atoms with Gasteiger partial charge >= 0.3 is 6.09 Å². The Bertz CT molecular complexity index is 1480. The molecule has 0 aliphatic carbocycles. The van der Waals surface area contributed by atoms with Gasteiger partial charge in [-0.05, 0) is 62.8 Å². The smallest absolute Gasteiger partial charge is 0.407 e. The van der Waals surface area contributed by atoms with Crippen molar-refractivity contribution in [1.82, 2.24) is 29.8 Å². The van der Waals surface area contributed by atoms with Crippen LogP contribution in [0.4, 0.5) is 4.79 Å². The van der Waals surface area contributed by atoms with Gasteiger partial charge in [-0.3, -0.25) is 9.30 Å². The van der Waals surface area contributed by atoms with E-state index in [0.717, 1.165) is 53.1 Å². The molecule has 1 fully saturated rings. The summed E-state index contributed by atoms with van der Waals surface area (Å²) in [5.74, 6) is 0.727. The van der Waals surface area contributed by atoms with E-state index in [1.54, 1.807) is 0 Å². The minimum absolute atomic E-state index is 0.0213. The van der Waals surface area contributed by atoms with Crippen LogP contribution in [0.25, 0.3) is 28.1 Å². The second-order valence-corrected chi connectivity index (χ2v) is 12.3. The lowest BCUT2D eigenvalue weighted by Gasteiger charge is -2.25. The lowest BCUT2D eigenvalue weighted by Crippen LogP contribution is -2.40. The fourth-order valence-corrected chi connectivity index (χ4v) is 5.15.